The third kappa shape index (κ3) is 0.988. The van der Waals surface area contributed by atoms with Gasteiger partial charge in [0.25, 0.3) is 0 Å². The van der Waals surface area contributed by atoms with Crippen molar-refractivity contribution in [3.8, 4) is 0 Å². The molecule has 0 amide bonds. The molecule has 0 heterocycles. The number of fused-ring (bicyclic) bond motifs is 2. The van der Waals surface area contributed by atoms with E-state index in [-0.39, 0.29) is 20.0 Å². The molecule has 0 spiro atoms. The number of Topliss-reactive ketones (excluding diaryl/α,β-unsaturated/α-hetero) is 1. The number of carbonyl (C=O) groups is 1. The van der Waals surface area contributed by atoms with Crippen molar-refractivity contribution in [3.63, 3.8) is 0 Å². The quantitative estimate of drug-likeness (QED) is 0.626. The summed E-state index contributed by atoms with van der Waals surface area (Å²) in [6, 6.07) is 0. The minimum atomic E-state index is -0.315. The fourth-order valence-corrected chi connectivity index (χ4v) is 7.27. The average Bonchev–Trinajstić information content (AvgIpc) is 2.45. The minimum Gasteiger partial charge on any atom is -0.297 e. The van der Waals surface area contributed by atoms with Gasteiger partial charge in [0.05, 0.1) is 4.32 Å². The third-order valence-corrected chi connectivity index (χ3v) is 8.74. The Morgan fingerprint density at radius 1 is 1.43 bits per heavy atom. The first-order valence-electron chi connectivity index (χ1n) is 4.77. The first-order chi connectivity index (χ1) is 6.33. The van der Waals surface area contributed by atoms with Crippen LogP contribution < -0.4 is 0 Å². The Balaban J connectivity index is 2.58. The van der Waals surface area contributed by atoms with Crippen molar-refractivity contribution in [2.75, 3.05) is 5.33 Å². The van der Waals surface area contributed by atoms with Crippen LogP contribution in [0.1, 0.15) is 26.7 Å². The van der Waals surface area contributed by atoms with E-state index < -0.39 is 0 Å². The summed E-state index contributed by atoms with van der Waals surface area (Å²) < 4.78 is -0.315. The SMILES string of the molecule is CC1(C)C(=O)[C@@]2(Br)CC[C@@]1(CBr)[C@@H]2Br. The molecule has 0 unspecified atom stereocenters. The standard InChI is InChI=1S/C10H13Br3O/c1-8(2)7(14)10(13)4-3-9(8,5-11)6(10)12/h6H,3-5H2,1-2H3/t6-,9+,10+/m0/s1. The molecule has 2 aliphatic rings. The number of hydrogen-bond acceptors (Lipinski definition) is 1. The molecular formula is C10H13Br3O. The normalized spacial score (nSPS) is 50.1. The Morgan fingerprint density at radius 3 is 2.29 bits per heavy atom. The van der Waals surface area contributed by atoms with E-state index in [0.717, 1.165) is 18.2 Å². The van der Waals surface area contributed by atoms with E-state index in [0.29, 0.717) is 5.78 Å². The predicted molar refractivity (Wildman–Crippen MR) is 68.6 cm³/mol. The molecule has 0 N–H and O–H groups in total. The van der Waals surface area contributed by atoms with Gasteiger partial charge in [-0.3, -0.25) is 4.79 Å². The van der Waals surface area contributed by atoms with Gasteiger partial charge in [0.15, 0.2) is 5.78 Å². The minimum absolute atomic E-state index is 0.0770. The predicted octanol–water partition coefficient (Wildman–Crippen LogP) is 3.67. The lowest BCUT2D eigenvalue weighted by Crippen LogP contribution is -2.43. The van der Waals surface area contributed by atoms with Gasteiger partial charge in [0, 0.05) is 21.0 Å². The molecule has 2 bridgehead atoms. The molecule has 0 aliphatic heterocycles. The molecule has 2 aliphatic carbocycles. The van der Waals surface area contributed by atoms with Crippen LogP contribution in [-0.4, -0.2) is 20.3 Å². The van der Waals surface area contributed by atoms with Crippen molar-refractivity contribution >= 4 is 53.6 Å². The molecule has 0 aromatic carbocycles. The average molecular weight is 389 g/mol. The van der Waals surface area contributed by atoms with Gasteiger partial charge < -0.3 is 0 Å². The van der Waals surface area contributed by atoms with Gasteiger partial charge in [-0.1, -0.05) is 61.6 Å². The lowest BCUT2D eigenvalue weighted by Gasteiger charge is -2.40. The van der Waals surface area contributed by atoms with Crippen molar-refractivity contribution < 1.29 is 4.79 Å². The summed E-state index contributed by atoms with van der Waals surface area (Å²) >= 11 is 11.0. The Morgan fingerprint density at radius 2 is 2.00 bits per heavy atom. The van der Waals surface area contributed by atoms with Gasteiger partial charge in [-0.05, 0) is 12.8 Å². The maximum absolute atomic E-state index is 12.3. The van der Waals surface area contributed by atoms with Crippen LogP contribution in [-0.2, 0) is 4.79 Å². The molecular weight excluding hydrogens is 376 g/mol. The summed E-state index contributed by atoms with van der Waals surface area (Å²) in [5.41, 5.74) is -0.153. The number of carbonyl (C=O) groups excluding carboxylic acids is 1. The summed E-state index contributed by atoms with van der Waals surface area (Å²) in [6.07, 6.45) is 2.06. The maximum atomic E-state index is 12.3. The zero-order valence-corrected chi connectivity index (χ0v) is 13.0. The van der Waals surface area contributed by atoms with Gasteiger partial charge in [0.2, 0.25) is 0 Å². The van der Waals surface area contributed by atoms with Crippen LogP contribution in [0, 0.1) is 10.8 Å². The Kier molecular flexibility index (Phi) is 2.54. The second-order valence-corrected chi connectivity index (χ2v) is 7.86. The number of ketones is 1. The molecule has 1 nitrogen and oxygen atoms in total. The summed E-state index contributed by atoms with van der Waals surface area (Å²) in [4.78, 5) is 12.5. The largest absolute Gasteiger partial charge is 0.297 e. The molecule has 14 heavy (non-hydrogen) atoms. The van der Waals surface area contributed by atoms with E-state index in [1.54, 1.807) is 0 Å². The second kappa shape index (κ2) is 3.07. The molecule has 4 heteroatoms. The van der Waals surface area contributed by atoms with Crippen LogP contribution in [0.25, 0.3) is 0 Å². The van der Waals surface area contributed by atoms with Crippen LogP contribution in [0.4, 0.5) is 0 Å². The van der Waals surface area contributed by atoms with E-state index in [1.165, 1.54) is 0 Å². The van der Waals surface area contributed by atoms with Gasteiger partial charge in [0.1, 0.15) is 0 Å². The van der Waals surface area contributed by atoms with E-state index >= 15 is 0 Å². The fourth-order valence-electron chi connectivity index (χ4n) is 3.00. The Labute approximate surface area is 110 Å². The highest BCUT2D eigenvalue weighted by Crippen LogP contribution is 2.69. The lowest BCUT2D eigenvalue weighted by molar-refractivity contribution is -0.131. The first-order valence-corrected chi connectivity index (χ1v) is 7.60. The van der Waals surface area contributed by atoms with Crippen LogP contribution in [0.3, 0.4) is 0 Å². The van der Waals surface area contributed by atoms with Gasteiger partial charge >= 0.3 is 0 Å². The molecule has 2 saturated carbocycles. The molecule has 3 atom stereocenters. The van der Waals surface area contributed by atoms with Crippen LogP contribution in [0.5, 0.6) is 0 Å². The zero-order valence-electron chi connectivity index (χ0n) is 8.24. The Hall–Kier alpha value is 1.11. The topological polar surface area (TPSA) is 17.1 Å². The molecule has 80 valence electrons. The molecule has 0 saturated heterocycles. The van der Waals surface area contributed by atoms with E-state index in [1.807, 2.05) is 0 Å². The van der Waals surface area contributed by atoms with E-state index in [4.69, 9.17) is 0 Å². The number of rotatable bonds is 1. The summed E-state index contributed by atoms with van der Waals surface area (Å²) in [7, 11) is 0. The van der Waals surface area contributed by atoms with Gasteiger partial charge in [-0.25, -0.2) is 0 Å². The zero-order chi connectivity index (χ0) is 10.8. The Bertz CT molecular complexity index is 302. The van der Waals surface area contributed by atoms with E-state index in [9.17, 15) is 4.79 Å². The van der Waals surface area contributed by atoms with Gasteiger partial charge in [-0.15, -0.1) is 0 Å². The van der Waals surface area contributed by atoms with E-state index in [2.05, 4.69) is 61.6 Å². The highest BCUT2D eigenvalue weighted by molar-refractivity contribution is 9.13. The molecule has 2 fully saturated rings. The highest BCUT2D eigenvalue weighted by Gasteiger charge is 2.73. The van der Waals surface area contributed by atoms with Crippen molar-refractivity contribution in [1.29, 1.82) is 0 Å². The number of hydrogen-bond donors (Lipinski definition) is 0. The number of alkyl halides is 3. The van der Waals surface area contributed by atoms with Gasteiger partial charge in [-0.2, -0.15) is 0 Å². The monoisotopic (exact) mass is 386 g/mol. The third-order valence-electron chi connectivity index (χ3n) is 4.25. The first kappa shape index (κ1) is 11.6. The summed E-state index contributed by atoms with van der Waals surface area (Å²) in [5.74, 6) is 0.359. The molecule has 0 aromatic heterocycles. The maximum Gasteiger partial charge on any atom is 0.156 e. The second-order valence-electron chi connectivity index (χ2n) is 4.97. The molecule has 0 radical (unpaired) electrons. The van der Waals surface area contributed by atoms with Crippen LogP contribution in [0.2, 0.25) is 0 Å². The van der Waals surface area contributed by atoms with Crippen LogP contribution >= 0.6 is 47.8 Å². The summed E-state index contributed by atoms with van der Waals surface area (Å²) in [6.45, 7) is 4.15. The highest BCUT2D eigenvalue weighted by atomic mass is 79.9. The van der Waals surface area contributed by atoms with Crippen LogP contribution in [0.15, 0.2) is 0 Å². The number of halogens is 3. The lowest BCUT2D eigenvalue weighted by atomic mass is 9.65. The summed E-state index contributed by atoms with van der Waals surface area (Å²) in [5, 5.41) is 0.891. The van der Waals surface area contributed by atoms with Crippen molar-refractivity contribution in [3.05, 3.63) is 0 Å². The van der Waals surface area contributed by atoms with Crippen molar-refractivity contribution in [2.45, 2.75) is 35.8 Å². The molecule has 0 aromatic rings. The van der Waals surface area contributed by atoms with Crippen molar-refractivity contribution in [1.82, 2.24) is 0 Å². The molecule has 2 rings (SSSR count). The fraction of sp³-hybridized carbons (Fsp3) is 0.900. The van der Waals surface area contributed by atoms with Crippen molar-refractivity contribution in [2.24, 2.45) is 10.8 Å². The smallest absolute Gasteiger partial charge is 0.156 e.